The van der Waals surface area contributed by atoms with E-state index in [1.807, 2.05) is 30.3 Å². The number of rotatable bonds is 8. The number of carbonyl (C=O) groups is 1. The largest absolute Gasteiger partial charge is 0.493 e. The van der Waals surface area contributed by atoms with E-state index in [4.69, 9.17) is 25.6 Å². The molecule has 4 rings (SSSR count). The first-order chi connectivity index (χ1) is 15.6. The molecule has 3 aromatic rings. The van der Waals surface area contributed by atoms with Crippen LogP contribution in [0.4, 0.5) is 0 Å². The van der Waals surface area contributed by atoms with Gasteiger partial charge in [0.25, 0.3) is 5.91 Å². The van der Waals surface area contributed by atoms with Crippen molar-refractivity contribution in [3.63, 3.8) is 0 Å². The molecule has 0 radical (unpaired) electrons. The van der Waals surface area contributed by atoms with Gasteiger partial charge in [-0.05, 0) is 61.8 Å². The molecule has 2 heterocycles. The van der Waals surface area contributed by atoms with Gasteiger partial charge in [0.15, 0.2) is 23.0 Å². The number of hydrogen-bond donors (Lipinski definition) is 1. The van der Waals surface area contributed by atoms with E-state index in [1.165, 1.54) is 0 Å². The second-order valence-corrected chi connectivity index (χ2v) is 8.10. The van der Waals surface area contributed by atoms with Crippen molar-refractivity contribution < 1.29 is 18.8 Å². The number of nitrogens with zero attached hydrogens (tertiary/aromatic N) is 2. The third-order valence-electron chi connectivity index (χ3n) is 5.70. The van der Waals surface area contributed by atoms with Crippen LogP contribution >= 0.6 is 11.6 Å². The molecular weight excluding hydrogens is 430 g/mol. The van der Waals surface area contributed by atoms with E-state index in [0.29, 0.717) is 28.8 Å². The Bertz CT molecular complexity index is 1060. The first-order valence-electron chi connectivity index (χ1n) is 10.6. The Balaban J connectivity index is 1.46. The third-order valence-corrected chi connectivity index (χ3v) is 5.96. The second-order valence-electron chi connectivity index (χ2n) is 7.67. The highest BCUT2D eigenvalue weighted by atomic mass is 35.5. The minimum atomic E-state index is -0.279. The van der Waals surface area contributed by atoms with Gasteiger partial charge >= 0.3 is 0 Å². The van der Waals surface area contributed by atoms with Gasteiger partial charge in [-0.15, -0.1) is 0 Å². The number of aromatic nitrogens is 1. The van der Waals surface area contributed by atoms with Gasteiger partial charge < -0.3 is 19.3 Å². The third kappa shape index (κ3) is 4.89. The molecule has 1 saturated heterocycles. The van der Waals surface area contributed by atoms with Gasteiger partial charge in [-0.25, -0.2) is 0 Å². The zero-order chi connectivity index (χ0) is 22.5. The Morgan fingerprint density at radius 2 is 1.81 bits per heavy atom. The number of ether oxygens (including phenoxy) is 2. The highest BCUT2D eigenvalue weighted by Gasteiger charge is 2.25. The number of halogens is 1. The van der Waals surface area contributed by atoms with Crippen molar-refractivity contribution in [2.75, 3.05) is 33.9 Å². The molecule has 1 atom stereocenters. The summed E-state index contributed by atoms with van der Waals surface area (Å²) < 4.78 is 16.0. The van der Waals surface area contributed by atoms with Gasteiger partial charge in [0.1, 0.15) is 0 Å². The first-order valence-corrected chi connectivity index (χ1v) is 10.9. The molecule has 1 unspecified atom stereocenters. The van der Waals surface area contributed by atoms with Gasteiger partial charge in [-0.1, -0.05) is 28.9 Å². The summed E-state index contributed by atoms with van der Waals surface area (Å²) in [5.74, 6) is 1.39. The molecule has 32 heavy (non-hydrogen) atoms. The van der Waals surface area contributed by atoms with Crippen LogP contribution < -0.4 is 14.8 Å². The molecule has 7 nitrogen and oxygen atoms in total. The molecule has 0 spiro atoms. The number of hydrogen-bond acceptors (Lipinski definition) is 6. The summed E-state index contributed by atoms with van der Waals surface area (Å²) in [4.78, 5) is 15.2. The Morgan fingerprint density at radius 1 is 1.09 bits per heavy atom. The van der Waals surface area contributed by atoms with E-state index in [-0.39, 0.29) is 17.6 Å². The molecule has 1 aliphatic heterocycles. The van der Waals surface area contributed by atoms with Gasteiger partial charge in [-0.3, -0.25) is 9.69 Å². The normalized spacial score (nSPS) is 14.8. The molecule has 1 N–H and O–H groups in total. The summed E-state index contributed by atoms with van der Waals surface area (Å²) in [6, 6.07) is 14.9. The number of carbonyl (C=O) groups excluding carboxylic acids is 1. The average molecular weight is 456 g/mol. The lowest BCUT2D eigenvalue weighted by Gasteiger charge is -2.28. The van der Waals surface area contributed by atoms with Crippen LogP contribution in [0, 0.1) is 0 Å². The maximum Gasteiger partial charge on any atom is 0.273 e. The zero-order valence-corrected chi connectivity index (χ0v) is 18.9. The summed E-state index contributed by atoms with van der Waals surface area (Å²) in [7, 11) is 3.15. The SMILES string of the molecule is COc1ccc(-c2cc(C(=O)NCC(c3ccc(Cl)cc3)N3CCCC3)no2)cc1OC. The lowest BCUT2D eigenvalue weighted by molar-refractivity contribution is 0.0929. The van der Waals surface area contributed by atoms with Crippen molar-refractivity contribution in [3.05, 3.63) is 64.8 Å². The Kier molecular flexibility index (Phi) is 6.97. The number of methoxy groups -OCH3 is 2. The summed E-state index contributed by atoms with van der Waals surface area (Å²) in [6.45, 7) is 2.49. The van der Waals surface area contributed by atoms with E-state index in [9.17, 15) is 4.79 Å². The van der Waals surface area contributed by atoms with Crippen molar-refractivity contribution in [3.8, 4) is 22.8 Å². The topological polar surface area (TPSA) is 76.8 Å². The standard InChI is InChI=1S/C24H26ClN3O4/c1-30-21-10-7-17(13-23(21)31-2)22-14-19(27-32-22)24(29)26-15-20(28-11-3-4-12-28)16-5-8-18(25)9-6-16/h5-10,13-14,20H,3-4,11-12,15H2,1-2H3,(H,26,29). The molecule has 1 aromatic heterocycles. The van der Waals surface area contributed by atoms with E-state index >= 15 is 0 Å². The van der Waals surface area contributed by atoms with Gasteiger partial charge in [-0.2, -0.15) is 0 Å². The van der Waals surface area contributed by atoms with E-state index in [2.05, 4.69) is 15.4 Å². The highest BCUT2D eigenvalue weighted by molar-refractivity contribution is 6.30. The van der Waals surface area contributed by atoms with Gasteiger partial charge in [0.05, 0.1) is 20.3 Å². The Labute approximate surface area is 192 Å². The molecule has 0 aliphatic carbocycles. The predicted molar refractivity (Wildman–Crippen MR) is 122 cm³/mol. The Morgan fingerprint density at radius 3 is 2.50 bits per heavy atom. The summed E-state index contributed by atoms with van der Waals surface area (Å²) in [5.41, 5.74) is 2.10. The molecule has 0 bridgehead atoms. The van der Waals surface area contributed by atoms with Crippen molar-refractivity contribution in [2.45, 2.75) is 18.9 Å². The fourth-order valence-electron chi connectivity index (χ4n) is 3.98. The molecule has 1 aliphatic rings. The minimum Gasteiger partial charge on any atom is -0.493 e. The van der Waals surface area contributed by atoms with Gasteiger partial charge in [0, 0.05) is 23.2 Å². The van der Waals surface area contributed by atoms with Crippen LogP contribution in [0.25, 0.3) is 11.3 Å². The van der Waals surface area contributed by atoms with E-state index < -0.39 is 0 Å². The quantitative estimate of drug-likeness (QED) is 0.535. The van der Waals surface area contributed by atoms with Crippen LogP contribution in [0.5, 0.6) is 11.5 Å². The van der Waals surface area contributed by atoms with E-state index in [0.717, 1.165) is 37.1 Å². The number of amides is 1. The molecule has 168 valence electrons. The molecule has 0 saturated carbocycles. The zero-order valence-electron chi connectivity index (χ0n) is 18.1. The van der Waals surface area contributed by atoms with Crippen LogP contribution in [0.3, 0.4) is 0 Å². The summed E-state index contributed by atoms with van der Waals surface area (Å²) >= 11 is 6.06. The number of likely N-dealkylation sites (tertiary alicyclic amines) is 1. The van der Waals surface area contributed by atoms with E-state index in [1.54, 1.807) is 32.4 Å². The molecule has 1 fully saturated rings. The highest BCUT2D eigenvalue weighted by Crippen LogP contribution is 2.32. The summed E-state index contributed by atoms with van der Waals surface area (Å²) in [5, 5.41) is 7.67. The van der Waals surface area contributed by atoms with Gasteiger partial charge in [0.2, 0.25) is 0 Å². The Hall–Kier alpha value is -3.03. The van der Waals surface area contributed by atoms with Crippen molar-refractivity contribution in [2.24, 2.45) is 0 Å². The fourth-order valence-corrected chi connectivity index (χ4v) is 4.11. The smallest absolute Gasteiger partial charge is 0.273 e. The lowest BCUT2D eigenvalue weighted by atomic mass is 10.1. The van der Waals surface area contributed by atoms with Crippen molar-refractivity contribution >= 4 is 17.5 Å². The van der Waals surface area contributed by atoms with Crippen LogP contribution in [-0.2, 0) is 0 Å². The molecular formula is C24H26ClN3O4. The first kappa shape index (κ1) is 22.2. The van der Waals surface area contributed by atoms with Crippen molar-refractivity contribution in [1.29, 1.82) is 0 Å². The number of benzene rings is 2. The van der Waals surface area contributed by atoms with Crippen molar-refractivity contribution in [1.82, 2.24) is 15.4 Å². The lowest BCUT2D eigenvalue weighted by Crippen LogP contribution is -2.36. The fraction of sp³-hybridized carbons (Fsp3) is 0.333. The van der Waals surface area contributed by atoms with Crippen LogP contribution in [0.1, 0.15) is 34.9 Å². The van der Waals surface area contributed by atoms with Crippen LogP contribution in [0.15, 0.2) is 53.1 Å². The molecule has 1 amide bonds. The maximum absolute atomic E-state index is 12.8. The monoisotopic (exact) mass is 455 g/mol. The molecule has 8 heteroatoms. The maximum atomic E-state index is 12.8. The number of nitrogens with one attached hydrogen (secondary N) is 1. The van der Waals surface area contributed by atoms with Crippen LogP contribution in [0.2, 0.25) is 5.02 Å². The minimum absolute atomic E-state index is 0.0796. The van der Waals surface area contributed by atoms with Crippen LogP contribution in [-0.4, -0.2) is 49.8 Å². The second kappa shape index (κ2) is 10.1. The summed E-state index contributed by atoms with van der Waals surface area (Å²) in [6.07, 6.45) is 2.33. The molecule has 2 aromatic carbocycles. The predicted octanol–water partition coefficient (Wildman–Crippen LogP) is 4.58. The average Bonchev–Trinajstić information content (AvgIpc) is 3.52.